The molecule has 0 aromatic heterocycles. The molecule has 2 aromatic carbocycles. The van der Waals surface area contributed by atoms with E-state index in [1.165, 1.54) is 0 Å². The number of hydrogen-bond acceptors (Lipinski definition) is 5. The van der Waals surface area contributed by atoms with Crippen molar-refractivity contribution in [3.63, 3.8) is 0 Å². The maximum atomic E-state index is 11.8. The zero-order chi connectivity index (χ0) is 18.5. The lowest BCUT2D eigenvalue weighted by Crippen LogP contribution is -2.49. The van der Waals surface area contributed by atoms with Gasteiger partial charge in [0.25, 0.3) is 5.69 Å². The zero-order valence-corrected chi connectivity index (χ0v) is 14.5. The van der Waals surface area contributed by atoms with Gasteiger partial charge in [0.15, 0.2) is 0 Å². The Morgan fingerprint density at radius 2 is 1.92 bits per heavy atom. The van der Waals surface area contributed by atoms with Crippen molar-refractivity contribution < 1.29 is 14.5 Å². The summed E-state index contributed by atoms with van der Waals surface area (Å²) < 4.78 is 5.20. The van der Waals surface area contributed by atoms with E-state index in [0.29, 0.717) is 5.56 Å². The van der Waals surface area contributed by atoms with Crippen molar-refractivity contribution >= 4 is 17.5 Å². The van der Waals surface area contributed by atoms with E-state index in [9.17, 15) is 14.9 Å². The van der Waals surface area contributed by atoms with Crippen LogP contribution in [0.4, 0.5) is 16.2 Å². The van der Waals surface area contributed by atoms with E-state index in [2.05, 4.69) is 10.6 Å². The first kappa shape index (κ1) is 17.7. The van der Waals surface area contributed by atoms with Gasteiger partial charge in [0.2, 0.25) is 0 Å². The standard InChI is InChI=1S/C19H21N3O4/c1-13-7-8-15(11-18(13)22(24)25)20-16-9-17(10-16)21-19(23)26-12-14-5-3-2-4-6-14/h2-8,11,16-17,20H,9-10,12H2,1H3,(H,21,23). The Morgan fingerprint density at radius 1 is 1.19 bits per heavy atom. The maximum absolute atomic E-state index is 11.8. The number of amides is 1. The molecule has 0 unspecified atom stereocenters. The molecule has 0 radical (unpaired) electrons. The molecule has 2 aromatic rings. The molecule has 26 heavy (non-hydrogen) atoms. The van der Waals surface area contributed by atoms with Crippen molar-refractivity contribution in [2.45, 2.75) is 38.5 Å². The summed E-state index contributed by atoms with van der Waals surface area (Å²) in [4.78, 5) is 22.4. The second-order valence-electron chi connectivity index (χ2n) is 6.47. The summed E-state index contributed by atoms with van der Waals surface area (Å²) in [5.41, 5.74) is 2.40. The first-order chi connectivity index (χ1) is 12.5. The zero-order valence-electron chi connectivity index (χ0n) is 14.5. The van der Waals surface area contributed by atoms with Crippen LogP contribution in [0.5, 0.6) is 0 Å². The van der Waals surface area contributed by atoms with Crippen molar-refractivity contribution in [2.24, 2.45) is 0 Å². The van der Waals surface area contributed by atoms with Crippen LogP contribution in [0.2, 0.25) is 0 Å². The number of nitro groups is 1. The molecule has 1 fully saturated rings. The van der Waals surface area contributed by atoms with E-state index in [1.54, 1.807) is 19.1 Å². The van der Waals surface area contributed by atoms with Gasteiger partial charge in [0.1, 0.15) is 6.61 Å². The summed E-state index contributed by atoms with van der Waals surface area (Å²) in [6.45, 7) is 1.96. The van der Waals surface area contributed by atoms with E-state index in [0.717, 1.165) is 24.1 Å². The van der Waals surface area contributed by atoms with Crippen molar-refractivity contribution in [3.05, 3.63) is 69.8 Å². The Morgan fingerprint density at radius 3 is 2.62 bits per heavy atom. The minimum Gasteiger partial charge on any atom is -0.445 e. The summed E-state index contributed by atoms with van der Waals surface area (Å²) in [7, 11) is 0. The van der Waals surface area contributed by atoms with Crippen LogP contribution in [-0.2, 0) is 11.3 Å². The first-order valence-electron chi connectivity index (χ1n) is 8.50. The quantitative estimate of drug-likeness (QED) is 0.608. The summed E-state index contributed by atoms with van der Waals surface area (Å²) in [5.74, 6) is 0. The molecule has 136 valence electrons. The Hall–Kier alpha value is -3.09. The van der Waals surface area contributed by atoms with Crippen LogP contribution in [0.25, 0.3) is 0 Å². The fourth-order valence-electron chi connectivity index (χ4n) is 2.92. The number of benzene rings is 2. The molecule has 1 saturated carbocycles. The van der Waals surface area contributed by atoms with Crippen molar-refractivity contribution in [3.8, 4) is 0 Å². The van der Waals surface area contributed by atoms with Gasteiger partial charge in [-0.1, -0.05) is 36.4 Å². The van der Waals surface area contributed by atoms with Gasteiger partial charge in [-0.05, 0) is 31.4 Å². The molecule has 0 spiro atoms. The van der Waals surface area contributed by atoms with Gasteiger partial charge >= 0.3 is 6.09 Å². The third-order valence-corrected chi connectivity index (χ3v) is 4.45. The SMILES string of the molecule is Cc1ccc(NC2CC(NC(=O)OCc3ccccc3)C2)cc1[N+](=O)[O-]. The highest BCUT2D eigenvalue weighted by Crippen LogP contribution is 2.27. The van der Waals surface area contributed by atoms with Crippen LogP contribution in [0.15, 0.2) is 48.5 Å². The molecule has 1 amide bonds. The average molecular weight is 355 g/mol. The van der Waals surface area contributed by atoms with Crippen LogP contribution in [0.3, 0.4) is 0 Å². The number of carbonyl (C=O) groups excluding carboxylic acids is 1. The molecule has 0 bridgehead atoms. The summed E-state index contributed by atoms with van der Waals surface area (Å²) in [6.07, 6.45) is 1.08. The molecular formula is C19H21N3O4. The smallest absolute Gasteiger partial charge is 0.407 e. The van der Waals surface area contributed by atoms with E-state index in [4.69, 9.17) is 4.74 Å². The first-order valence-corrected chi connectivity index (χ1v) is 8.50. The van der Waals surface area contributed by atoms with Gasteiger partial charge in [0, 0.05) is 29.4 Å². The summed E-state index contributed by atoms with van der Waals surface area (Å²) in [5, 5.41) is 17.1. The van der Waals surface area contributed by atoms with Crippen molar-refractivity contribution in [1.29, 1.82) is 0 Å². The van der Waals surface area contributed by atoms with Crippen LogP contribution >= 0.6 is 0 Å². The average Bonchev–Trinajstić information content (AvgIpc) is 2.60. The predicted molar refractivity (Wildman–Crippen MR) is 98.0 cm³/mol. The fourth-order valence-corrected chi connectivity index (χ4v) is 2.92. The summed E-state index contributed by atoms with van der Waals surface area (Å²) >= 11 is 0. The number of alkyl carbamates (subject to hydrolysis) is 1. The molecular weight excluding hydrogens is 334 g/mol. The minimum atomic E-state index is -0.428. The number of nitro benzene ring substituents is 1. The van der Waals surface area contributed by atoms with Gasteiger partial charge in [-0.2, -0.15) is 0 Å². The van der Waals surface area contributed by atoms with Gasteiger partial charge in [-0.3, -0.25) is 10.1 Å². The topological polar surface area (TPSA) is 93.5 Å². The maximum Gasteiger partial charge on any atom is 0.407 e. The molecule has 0 atom stereocenters. The van der Waals surface area contributed by atoms with Gasteiger partial charge in [-0.25, -0.2) is 4.79 Å². The Bertz CT molecular complexity index is 789. The van der Waals surface area contributed by atoms with E-state index in [1.807, 2.05) is 36.4 Å². The molecule has 1 aliphatic rings. The Labute approximate surface area is 151 Å². The largest absolute Gasteiger partial charge is 0.445 e. The number of rotatable bonds is 6. The van der Waals surface area contributed by atoms with E-state index < -0.39 is 6.09 Å². The lowest BCUT2D eigenvalue weighted by molar-refractivity contribution is -0.385. The molecule has 0 aliphatic heterocycles. The lowest BCUT2D eigenvalue weighted by atomic mass is 9.86. The number of aryl methyl sites for hydroxylation is 1. The Balaban J connectivity index is 1.41. The number of nitrogens with one attached hydrogen (secondary N) is 2. The van der Waals surface area contributed by atoms with Gasteiger partial charge < -0.3 is 15.4 Å². The minimum absolute atomic E-state index is 0.0520. The second kappa shape index (κ2) is 7.86. The highest BCUT2D eigenvalue weighted by molar-refractivity contribution is 5.68. The van der Waals surface area contributed by atoms with Crippen LogP contribution in [-0.4, -0.2) is 23.1 Å². The third-order valence-electron chi connectivity index (χ3n) is 4.45. The van der Waals surface area contributed by atoms with E-state index >= 15 is 0 Å². The fraction of sp³-hybridized carbons (Fsp3) is 0.316. The van der Waals surface area contributed by atoms with Gasteiger partial charge in [0.05, 0.1) is 4.92 Å². The third kappa shape index (κ3) is 4.50. The normalized spacial score (nSPS) is 18.5. The molecule has 0 heterocycles. The summed E-state index contributed by atoms with van der Waals surface area (Å²) in [6, 6.07) is 14.8. The van der Waals surface area contributed by atoms with Gasteiger partial charge in [-0.15, -0.1) is 0 Å². The highest BCUT2D eigenvalue weighted by atomic mass is 16.6. The number of hydrogen-bond donors (Lipinski definition) is 2. The van der Waals surface area contributed by atoms with Crippen molar-refractivity contribution in [1.82, 2.24) is 5.32 Å². The molecule has 7 heteroatoms. The molecule has 2 N–H and O–H groups in total. The Kier molecular flexibility index (Phi) is 5.36. The van der Waals surface area contributed by atoms with Crippen molar-refractivity contribution in [2.75, 3.05) is 5.32 Å². The van der Waals surface area contributed by atoms with E-state index in [-0.39, 0.29) is 29.3 Å². The lowest BCUT2D eigenvalue weighted by Gasteiger charge is -2.36. The predicted octanol–water partition coefficient (Wildman–Crippen LogP) is 3.77. The highest BCUT2D eigenvalue weighted by Gasteiger charge is 2.31. The van der Waals surface area contributed by atoms with Crippen LogP contribution in [0, 0.1) is 17.0 Å². The monoisotopic (exact) mass is 355 g/mol. The molecule has 7 nitrogen and oxygen atoms in total. The number of carbonyl (C=O) groups is 1. The molecule has 0 saturated heterocycles. The number of anilines is 1. The molecule has 3 rings (SSSR count). The molecule has 1 aliphatic carbocycles. The number of ether oxygens (including phenoxy) is 1. The van der Waals surface area contributed by atoms with Crippen LogP contribution < -0.4 is 10.6 Å². The van der Waals surface area contributed by atoms with Crippen LogP contribution in [0.1, 0.15) is 24.0 Å². The second-order valence-corrected chi connectivity index (χ2v) is 6.47. The number of nitrogens with zero attached hydrogens (tertiary/aromatic N) is 1.